The number of carbonyl (C=O) groups excluding carboxylic acids is 1. The Hall–Kier alpha value is -4.69. The number of aromatic nitrogens is 1. The van der Waals surface area contributed by atoms with Gasteiger partial charge in [-0.05, 0) is 77.4 Å². The molecule has 1 heterocycles. The number of alkyl halides is 3. The largest absolute Gasteiger partial charge is 0.489 e. The number of carbonyl (C=O) groups is 2. The van der Waals surface area contributed by atoms with Crippen molar-refractivity contribution in [3.63, 3.8) is 0 Å². The third-order valence-electron chi connectivity index (χ3n) is 6.60. The highest BCUT2D eigenvalue weighted by atomic mass is 35.5. The number of pyridine rings is 1. The second kappa shape index (κ2) is 14.6. The van der Waals surface area contributed by atoms with Gasteiger partial charge in [-0.2, -0.15) is 13.2 Å². The third kappa shape index (κ3) is 9.65. The fraction of sp³-hybridized carbons (Fsp3) is 0.194. The van der Waals surface area contributed by atoms with Gasteiger partial charge in [-0.15, -0.1) is 0 Å². The first kappa shape index (κ1) is 34.2. The van der Waals surface area contributed by atoms with E-state index in [-0.39, 0.29) is 45.6 Å². The third-order valence-corrected chi connectivity index (χ3v) is 8.74. The standard InChI is InChI=1S/C31H26ClF4N3O6S/c32-27-8-3-21(12-28(27)33)22(13-29(40)41)18-46(43,44)26-6-4-25(5-7-26)45-17-20-10-23(31(34,35)36)14-24(11-20)39-30(42)38-16-19-2-1-9-37-15-19/h1-12,14-15,22H,13,16-18H2,(H,40,41)(H2,38,39,42). The molecule has 15 heteroatoms. The summed E-state index contributed by atoms with van der Waals surface area (Å²) in [4.78, 5) is 27.5. The molecule has 0 aliphatic heterocycles. The van der Waals surface area contributed by atoms with Crippen LogP contribution in [0.5, 0.6) is 5.75 Å². The molecule has 0 fully saturated rings. The number of benzene rings is 3. The molecule has 1 aromatic heterocycles. The van der Waals surface area contributed by atoms with E-state index in [1.807, 2.05) is 0 Å². The van der Waals surface area contributed by atoms with Gasteiger partial charge in [0.1, 0.15) is 18.2 Å². The Morgan fingerprint density at radius 1 is 1.00 bits per heavy atom. The summed E-state index contributed by atoms with van der Waals surface area (Å²) < 4.78 is 86.6. The summed E-state index contributed by atoms with van der Waals surface area (Å²) in [7, 11) is -4.07. The maximum absolute atomic E-state index is 14.0. The molecule has 0 aliphatic carbocycles. The molecular formula is C31H26ClF4N3O6S. The van der Waals surface area contributed by atoms with E-state index < -0.39 is 57.5 Å². The highest BCUT2D eigenvalue weighted by Crippen LogP contribution is 2.33. The Morgan fingerprint density at radius 2 is 1.74 bits per heavy atom. The summed E-state index contributed by atoms with van der Waals surface area (Å²) in [5.74, 6) is -3.69. The van der Waals surface area contributed by atoms with Gasteiger partial charge in [-0.3, -0.25) is 9.78 Å². The van der Waals surface area contributed by atoms with E-state index in [1.165, 1.54) is 48.7 Å². The zero-order valence-electron chi connectivity index (χ0n) is 23.7. The van der Waals surface area contributed by atoms with E-state index in [4.69, 9.17) is 16.3 Å². The second-order valence-corrected chi connectivity index (χ2v) is 12.5. The minimum Gasteiger partial charge on any atom is -0.489 e. The molecule has 0 saturated carbocycles. The van der Waals surface area contributed by atoms with Crippen LogP contribution in [0.15, 0.2) is 90.1 Å². The van der Waals surface area contributed by atoms with Crippen LogP contribution in [0.25, 0.3) is 0 Å². The zero-order chi connectivity index (χ0) is 33.5. The van der Waals surface area contributed by atoms with E-state index >= 15 is 0 Å². The minimum absolute atomic E-state index is 0.0702. The summed E-state index contributed by atoms with van der Waals surface area (Å²) in [5.41, 5.74) is -0.245. The van der Waals surface area contributed by atoms with Crippen LogP contribution in [0, 0.1) is 5.82 Å². The number of hydrogen-bond donors (Lipinski definition) is 3. The number of nitrogens with one attached hydrogen (secondary N) is 2. The highest BCUT2D eigenvalue weighted by molar-refractivity contribution is 7.91. The monoisotopic (exact) mass is 679 g/mol. The summed E-state index contributed by atoms with van der Waals surface area (Å²) in [6.07, 6.45) is -2.21. The van der Waals surface area contributed by atoms with Crippen LogP contribution in [0.4, 0.5) is 28.0 Å². The maximum Gasteiger partial charge on any atom is 0.416 e. The number of rotatable bonds is 12. The van der Waals surface area contributed by atoms with E-state index in [2.05, 4.69) is 15.6 Å². The molecule has 0 radical (unpaired) electrons. The van der Waals surface area contributed by atoms with Crippen molar-refractivity contribution in [1.82, 2.24) is 10.3 Å². The fourth-order valence-corrected chi connectivity index (χ4v) is 6.09. The number of hydrogen-bond acceptors (Lipinski definition) is 6. The molecule has 3 aromatic carbocycles. The Labute approximate surface area is 266 Å². The maximum atomic E-state index is 14.0. The summed E-state index contributed by atoms with van der Waals surface area (Å²) in [5, 5.41) is 14.0. The number of urea groups is 1. The van der Waals surface area contributed by atoms with Crippen molar-refractivity contribution in [2.24, 2.45) is 0 Å². The average molecular weight is 680 g/mol. The lowest BCUT2D eigenvalue weighted by molar-refractivity contribution is -0.138. The fourth-order valence-electron chi connectivity index (χ4n) is 4.39. The van der Waals surface area contributed by atoms with Gasteiger partial charge in [-0.25, -0.2) is 17.6 Å². The summed E-state index contributed by atoms with van der Waals surface area (Å²) in [6, 6.07) is 14.1. The topological polar surface area (TPSA) is 135 Å². The number of ether oxygens (including phenoxy) is 1. The molecule has 46 heavy (non-hydrogen) atoms. The van der Waals surface area contributed by atoms with Gasteiger partial charge in [0.2, 0.25) is 0 Å². The number of anilines is 1. The predicted octanol–water partition coefficient (Wildman–Crippen LogP) is 6.83. The van der Waals surface area contributed by atoms with Crippen LogP contribution in [-0.2, 0) is 34.0 Å². The molecule has 2 amide bonds. The lowest BCUT2D eigenvalue weighted by atomic mass is 9.97. The Balaban J connectivity index is 1.44. The quantitative estimate of drug-likeness (QED) is 0.140. The van der Waals surface area contributed by atoms with E-state index in [9.17, 15) is 40.7 Å². The van der Waals surface area contributed by atoms with Crippen molar-refractivity contribution in [3.05, 3.63) is 118 Å². The van der Waals surface area contributed by atoms with Crippen molar-refractivity contribution in [2.75, 3.05) is 11.1 Å². The van der Waals surface area contributed by atoms with Crippen molar-refractivity contribution < 1.29 is 45.4 Å². The average Bonchev–Trinajstić information content (AvgIpc) is 3.00. The molecule has 9 nitrogen and oxygen atoms in total. The van der Waals surface area contributed by atoms with Gasteiger partial charge in [0.25, 0.3) is 0 Å². The lowest BCUT2D eigenvalue weighted by Gasteiger charge is -2.17. The molecular weight excluding hydrogens is 654 g/mol. The molecule has 1 unspecified atom stereocenters. The molecule has 0 saturated heterocycles. The molecule has 4 rings (SSSR count). The van der Waals surface area contributed by atoms with Crippen LogP contribution in [0.1, 0.15) is 34.6 Å². The Morgan fingerprint density at radius 3 is 2.37 bits per heavy atom. The van der Waals surface area contributed by atoms with E-state index in [0.717, 1.165) is 18.2 Å². The molecule has 0 bridgehead atoms. The van der Waals surface area contributed by atoms with Crippen LogP contribution < -0.4 is 15.4 Å². The first-order valence-electron chi connectivity index (χ1n) is 13.5. The number of aliphatic carboxylic acids is 1. The van der Waals surface area contributed by atoms with Crippen molar-refractivity contribution in [3.8, 4) is 5.75 Å². The van der Waals surface area contributed by atoms with Gasteiger partial charge >= 0.3 is 18.2 Å². The minimum atomic E-state index is -4.72. The van der Waals surface area contributed by atoms with Crippen molar-refractivity contribution >= 4 is 39.1 Å². The van der Waals surface area contributed by atoms with Gasteiger partial charge in [-0.1, -0.05) is 23.7 Å². The highest BCUT2D eigenvalue weighted by Gasteiger charge is 2.31. The number of carboxylic acids is 1. The first-order valence-corrected chi connectivity index (χ1v) is 15.5. The number of nitrogens with zero attached hydrogens (tertiary/aromatic N) is 1. The van der Waals surface area contributed by atoms with Gasteiger partial charge in [0.15, 0.2) is 9.84 Å². The Bertz CT molecular complexity index is 1810. The Kier molecular flexibility index (Phi) is 10.9. The molecule has 3 N–H and O–H groups in total. The van der Waals surface area contributed by atoms with Crippen LogP contribution >= 0.6 is 11.6 Å². The molecule has 4 aromatic rings. The molecule has 0 aliphatic rings. The molecule has 1 atom stereocenters. The summed E-state index contributed by atoms with van der Waals surface area (Å²) >= 11 is 5.69. The van der Waals surface area contributed by atoms with Crippen molar-refractivity contribution in [2.45, 2.75) is 36.6 Å². The van der Waals surface area contributed by atoms with Gasteiger partial charge < -0.3 is 20.5 Å². The smallest absolute Gasteiger partial charge is 0.416 e. The second-order valence-electron chi connectivity index (χ2n) is 10.1. The number of sulfone groups is 1. The van der Waals surface area contributed by atoms with Gasteiger partial charge in [0, 0.05) is 30.5 Å². The molecule has 0 spiro atoms. The number of halogens is 5. The number of carboxylic acid groups (broad SMARTS) is 1. The predicted molar refractivity (Wildman–Crippen MR) is 161 cm³/mol. The zero-order valence-corrected chi connectivity index (χ0v) is 25.3. The van der Waals surface area contributed by atoms with Crippen LogP contribution in [0.3, 0.4) is 0 Å². The SMILES string of the molecule is O=C(O)CC(CS(=O)(=O)c1ccc(OCc2cc(NC(=O)NCc3cccnc3)cc(C(F)(F)F)c2)cc1)c1ccc(Cl)c(F)c1. The first-order chi connectivity index (χ1) is 21.7. The van der Waals surface area contributed by atoms with Crippen LogP contribution in [0.2, 0.25) is 5.02 Å². The van der Waals surface area contributed by atoms with E-state index in [0.29, 0.717) is 5.56 Å². The van der Waals surface area contributed by atoms with Gasteiger partial charge in [0.05, 0.1) is 27.7 Å². The lowest BCUT2D eigenvalue weighted by Crippen LogP contribution is -2.28. The summed E-state index contributed by atoms with van der Waals surface area (Å²) in [6.45, 7) is -0.259. The van der Waals surface area contributed by atoms with E-state index in [1.54, 1.807) is 18.3 Å². The normalized spacial score (nSPS) is 12.3. The van der Waals surface area contributed by atoms with Crippen LogP contribution in [-0.4, -0.2) is 36.3 Å². The van der Waals surface area contributed by atoms with Crippen molar-refractivity contribution in [1.29, 1.82) is 0 Å². The molecule has 242 valence electrons. The number of amides is 2.